The second-order valence-corrected chi connectivity index (χ2v) is 4.34. The molecule has 102 valence electrons. The van der Waals surface area contributed by atoms with Gasteiger partial charge in [-0.2, -0.15) is 0 Å². The van der Waals surface area contributed by atoms with Gasteiger partial charge in [-0.1, -0.05) is 0 Å². The number of aliphatic hydroxyl groups excluding tert-OH is 1. The highest BCUT2D eigenvalue weighted by Gasteiger charge is 2.26. The summed E-state index contributed by atoms with van der Waals surface area (Å²) in [5.74, 6) is -0.208. The van der Waals surface area contributed by atoms with Gasteiger partial charge in [-0.25, -0.2) is 0 Å². The number of aliphatic hydroxyl groups is 1. The SMILES string of the molecule is COc1cc(C(=O)N2CCC(O)C2)ccc1[N+](=O)[O-]. The summed E-state index contributed by atoms with van der Waals surface area (Å²) >= 11 is 0. The molecule has 0 radical (unpaired) electrons. The molecule has 0 spiro atoms. The van der Waals surface area contributed by atoms with Crippen LogP contribution in [0.25, 0.3) is 0 Å². The van der Waals surface area contributed by atoms with Crippen molar-refractivity contribution in [1.29, 1.82) is 0 Å². The molecule has 1 heterocycles. The molecule has 7 heteroatoms. The van der Waals surface area contributed by atoms with Crippen LogP contribution in [0.5, 0.6) is 5.75 Å². The molecule has 1 fully saturated rings. The molecule has 1 aliphatic rings. The van der Waals surface area contributed by atoms with Gasteiger partial charge in [0.25, 0.3) is 5.91 Å². The summed E-state index contributed by atoms with van der Waals surface area (Å²) in [5, 5.41) is 20.2. The Hall–Kier alpha value is -2.15. The van der Waals surface area contributed by atoms with Gasteiger partial charge < -0.3 is 14.7 Å². The molecule has 1 aliphatic heterocycles. The second-order valence-electron chi connectivity index (χ2n) is 4.34. The third kappa shape index (κ3) is 2.65. The van der Waals surface area contributed by atoms with Gasteiger partial charge in [-0.3, -0.25) is 14.9 Å². The maximum absolute atomic E-state index is 12.1. The van der Waals surface area contributed by atoms with E-state index in [9.17, 15) is 20.0 Å². The number of β-amino-alcohol motifs (C(OH)–C–C–N with tert-alkyl or cyclic N) is 1. The number of hydrogen-bond acceptors (Lipinski definition) is 5. The predicted octanol–water partition coefficient (Wildman–Crippen LogP) is 0.810. The van der Waals surface area contributed by atoms with Crippen molar-refractivity contribution in [3.63, 3.8) is 0 Å². The maximum Gasteiger partial charge on any atom is 0.310 e. The van der Waals surface area contributed by atoms with Crippen LogP contribution in [0.2, 0.25) is 0 Å². The standard InChI is InChI=1S/C12H14N2O5/c1-19-11-6-8(2-3-10(11)14(17)18)12(16)13-5-4-9(15)7-13/h2-3,6,9,15H,4-5,7H2,1H3. The summed E-state index contributed by atoms with van der Waals surface area (Å²) in [6.07, 6.45) is 0.0551. The molecular weight excluding hydrogens is 252 g/mol. The molecule has 1 atom stereocenters. The lowest BCUT2D eigenvalue weighted by molar-refractivity contribution is -0.385. The number of nitro groups is 1. The Kier molecular flexibility index (Phi) is 3.66. The number of rotatable bonds is 3. The minimum atomic E-state index is -0.563. The topological polar surface area (TPSA) is 92.9 Å². The first-order valence-corrected chi connectivity index (χ1v) is 5.82. The van der Waals surface area contributed by atoms with Crippen molar-refractivity contribution in [2.45, 2.75) is 12.5 Å². The van der Waals surface area contributed by atoms with Crippen LogP contribution in [0.1, 0.15) is 16.8 Å². The molecule has 0 aliphatic carbocycles. The quantitative estimate of drug-likeness (QED) is 0.645. The van der Waals surface area contributed by atoms with Gasteiger partial charge in [0.15, 0.2) is 5.75 Å². The summed E-state index contributed by atoms with van der Waals surface area (Å²) in [4.78, 5) is 23.8. The van der Waals surface area contributed by atoms with Crippen LogP contribution in [-0.2, 0) is 0 Å². The highest BCUT2D eigenvalue weighted by molar-refractivity contribution is 5.95. The van der Waals surface area contributed by atoms with Crippen LogP contribution in [-0.4, -0.2) is 47.1 Å². The van der Waals surface area contributed by atoms with Crippen molar-refractivity contribution < 1.29 is 19.6 Å². The smallest absolute Gasteiger partial charge is 0.310 e. The first-order valence-electron chi connectivity index (χ1n) is 5.82. The number of hydrogen-bond donors (Lipinski definition) is 1. The molecule has 1 saturated heterocycles. The van der Waals surface area contributed by atoms with Gasteiger partial charge in [0, 0.05) is 30.8 Å². The maximum atomic E-state index is 12.1. The van der Waals surface area contributed by atoms with E-state index in [1.165, 1.54) is 30.2 Å². The molecule has 0 saturated carbocycles. The number of methoxy groups -OCH3 is 1. The van der Waals surface area contributed by atoms with E-state index >= 15 is 0 Å². The van der Waals surface area contributed by atoms with E-state index in [4.69, 9.17) is 4.74 Å². The van der Waals surface area contributed by atoms with Crippen LogP contribution in [0.3, 0.4) is 0 Å². The fraction of sp³-hybridized carbons (Fsp3) is 0.417. The second kappa shape index (κ2) is 5.23. The van der Waals surface area contributed by atoms with Crippen LogP contribution in [0.15, 0.2) is 18.2 Å². The molecular formula is C12H14N2O5. The number of likely N-dealkylation sites (tertiary alicyclic amines) is 1. The number of nitrogens with zero attached hydrogens (tertiary/aromatic N) is 2. The van der Waals surface area contributed by atoms with Gasteiger partial charge in [-0.15, -0.1) is 0 Å². The first kappa shape index (κ1) is 13.3. The van der Waals surface area contributed by atoms with E-state index in [1.807, 2.05) is 0 Å². The van der Waals surface area contributed by atoms with Crippen molar-refractivity contribution in [3.05, 3.63) is 33.9 Å². The highest BCUT2D eigenvalue weighted by Crippen LogP contribution is 2.28. The highest BCUT2D eigenvalue weighted by atomic mass is 16.6. The monoisotopic (exact) mass is 266 g/mol. The zero-order valence-corrected chi connectivity index (χ0v) is 10.4. The lowest BCUT2D eigenvalue weighted by atomic mass is 10.1. The minimum Gasteiger partial charge on any atom is -0.490 e. The Balaban J connectivity index is 2.26. The van der Waals surface area contributed by atoms with E-state index in [-0.39, 0.29) is 23.9 Å². The summed E-state index contributed by atoms with van der Waals surface area (Å²) in [6, 6.07) is 4.00. The van der Waals surface area contributed by atoms with E-state index in [0.717, 1.165) is 0 Å². The van der Waals surface area contributed by atoms with Gasteiger partial charge in [0.05, 0.1) is 18.1 Å². The molecule has 1 aromatic rings. The van der Waals surface area contributed by atoms with Crippen molar-refractivity contribution >= 4 is 11.6 Å². The zero-order valence-electron chi connectivity index (χ0n) is 10.4. The van der Waals surface area contributed by atoms with Gasteiger partial charge in [0.1, 0.15) is 0 Å². The van der Waals surface area contributed by atoms with Crippen molar-refractivity contribution in [3.8, 4) is 5.75 Å². The van der Waals surface area contributed by atoms with Gasteiger partial charge in [-0.05, 0) is 12.5 Å². The Bertz CT molecular complexity index is 517. The summed E-state index contributed by atoms with van der Waals surface area (Å²) < 4.78 is 4.92. The van der Waals surface area contributed by atoms with Crippen LogP contribution in [0.4, 0.5) is 5.69 Å². The van der Waals surface area contributed by atoms with Crippen molar-refractivity contribution in [2.24, 2.45) is 0 Å². The average molecular weight is 266 g/mol. The first-order chi connectivity index (χ1) is 9.02. The summed E-state index contributed by atoms with van der Waals surface area (Å²) in [7, 11) is 1.32. The van der Waals surface area contributed by atoms with Crippen LogP contribution >= 0.6 is 0 Å². The van der Waals surface area contributed by atoms with Crippen molar-refractivity contribution in [1.82, 2.24) is 4.90 Å². The molecule has 1 N–H and O–H groups in total. The molecule has 19 heavy (non-hydrogen) atoms. The van der Waals surface area contributed by atoms with E-state index in [2.05, 4.69) is 0 Å². The lowest BCUT2D eigenvalue weighted by Crippen LogP contribution is -2.29. The van der Waals surface area contributed by atoms with E-state index in [1.54, 1.807) is 0 Å². The van der Waals surface area contributed by atoms with Crippen molar-refractivity contribution in [2.75, 3.05) is 20.2 Å². The number of ether oxygens (including phenoxy) is 1. The summed E-state index contributed by atoms with van der Waals surface area (Å²) in [6.45, 7) is 0.775. The minimum absolute atomic E-state index is 0.0515. The molecule has 2 rings (SSSR count). The fourth-order valence-corrected chi connectivity index (χ4v) is 2.07. The van der Waals surface area contributed by atoms with Gasteiger partial charge in [0.2, 0.25) is 0 Å². The average Bonchev–Trinajstić information content (AvgIpc) is 2.83. The molecule has 0 bridgehead atoms. The van der Waals surface area contributed by atoms with E-state index in [0.29, 0.717) is 18.5 Å². The van der Waals surface area contributed by atoms with Crippen LogP contribution < -0.4 is 4.74 Å². The summed E-state index contributed by atoms with van der Waals surface area (Å²) in [5.41, 5.74) is 0.136. The molecule has 1 amide bonds. The van der Waals surface area contributed by atoms with Gasteiger partial charge >= 0.3 is 5.69 Å². The fourth-order valence-electron chi connectivity index (χ4n) is 2.07. The number of amides is 1. The Morgan fingerprint density at radius 1 is 1.58 bits per heavy atom. The Morgan fingerprint density at radius 3 is 2.84 bits per heavy atom. The molecule has 1 aromatic carbocycles. The van der Waals surface area contributed by atoms with Crippen LogP contribution in [0, 0.1) is 10.1 Å². The largest absolute Gasteiger partial charge is 0.490 e. The number of benzene rings is 1. The Morgan fingerprint density at radius 2 is 2.32 bits per heavy atom. The predicted molar refractivity (Wildman–Crippen MR) is 66.2 cm³/mol. The zero-order chi connectivity index (χ0) is 14.0. The molecule has 1 unspecified atom stereocenters. The lowest BCUT2D eigenvalue weighted by Gasteiger charge is -2.15. The third-order valence-electron chi connectivity index (χ3n) is 3.07. The third-order valence-corrected chi connectivity index (χ3v) is 3.07. The molecule has 0 aromatic heterocycles. The number of carbonyl (C=O) groups is 1. The molecule has 7 nitrogen and oxygen atoms in total. The Labute approximate surface area is 109 Å². The number of nitro benzene ring substituents is 1. The van der Waals surface area contributed by atoms with E-state index < -0.39 is 11.0 Å². The number of carbonyl (C=O) groups excluding carboxylic acids is 1. The normalized spacial score (nSPS) is 18.4.